The van der Waals surface area contributed by atoms with Crippen molar-refractivity contribution in [3.8, 4) is 0 Å². The van der Waals surface area contributed by atoms with Gasteiger partial charge in [-0.3, -0.25) is 4.79 Å². The topological polar surface area (TPSA) is 125 Å². The Labute approximate surface area is 123 Å². The molecule has 1 rings (SSSR count). The highest BCUT2D eigenvalue weighted by Gasteiger charge is 2.30. The van der Waals surface area contributed by atoms with Crippen molar-refractivity contribution in [2.24, 2.45) is 5.92 Å². The minimum atomic E-state index is -3.91. The van der Waals surface area contributed by atoms with Crippen molar-refractivity contribution in [1.29, 1.82) is 0 Å². The van der Waals surface area contributed by atoms with Crippen LogP contribution in [0.3, 0.4) is 0 Å². The fourth-order valence-electron chi connectivity index (χ4n) is 2.13. The van der Waals surface area contributed by atoms with Gasteiger partial charge < -0.3 is 15.2 Å². The predicted octanol–water partition coefficient (Wildman–Crippen LogP) is -0.636. The van der Waals surface area contributed by atoms with Crippen LogP contribution in [0.25, 0.3) is 0 Å². The molecule has 10 heteroatoms. The lowest BCUT2D eigenvalue weighted by atomic mass is 10.00. The highest BCUT2D eigenvalue weighted by atomic mass is 32.2. The van der Waals surface area contributed by atoms with Crippen LogP contribution in [0.1, 0.15) is 19.8 Å². The predicted molar refractivity (Wildman–Crippen MR) is 73.9 cm³/mol. The quantitative estimate of drug-likeness (QED) is 0.569. The molecule has 0 aromatic carbocycles. The Bertz CT molecular complexity index is 467. The number of aliphatic carboxylic acids is 1. The molecule has 1 unspecified atom stereocenters. The van der Waals surface area contributed by atoms with Crippen molar-refractivity contribution in [1.82, 2.24) is 14.3 Å². The van der Waals surface area contributed by atoms with Gasteiger partial charge in [0.15, 0.2) is 0 Å². The number of carbonyl (C=O) groups is 2. The zero-order valence-electron chi connectivity index (χ0n) is 11.9. The molecule has 122 valence electrons. The Morgan fingerprint density at radius 2 is 2.14 bits per heavy atom. The number of carbonyl (C=O) groups excluding carboxylic acids is 1. The molecule has 1 atom stereocenters. The standard InChI is InChI=1S/C11H21N3O6S/c1-2-20-11(17)13-21(18,19)14-5-3-4-9(8-14)6-12-7-10(15)16/h9,12H,2-8H2,1H3,(H,13,17)(H,15,16). The molecular weight excluding hydrogens is 302 g/mol. The lowest BCUT2D eigenvalue weighted by molar-refractivity contribution is -0.136. The van der Waals surface area contributed by atoms with Gasteiger partial charge in [0.1, 0.15) is 0 Å². The molecule has 1 saturated heterocycles. The van der Waals surface area contributed by atoms with E-state index in [2.05, 4.69) is 10.1 Å². The molecule has 1 heterocycles. The van der Waals surface area contributed by atoms with E-state index in [4.69, 9.17) is 5.11 Å². The third-order valence-electron chi connectivity index (χ3n) is 3.02. The molecular formula is C11H21N3O6S. The van der Waals surface area contributed by atoms with Crippen LogP contribution >= 0.6 is 0 Å². The normalized spacial score (nSPS) is 20.0. The van der Waals surface area contributed by atoms with E-state index in [0.29, 0.717) is 19.5 Å². The maximum Gasteiger partial charge on any atom is 0.421 e. The van der Waals surface area contributed by atoms with Crippen molar-refractivity contribution in [3.63, 3.8) is 0 Å². The fraction of sp³-hybridized carbons (Fsp3) is 0.818. The van der Waals surface area contributed by atoms with Gasteiger partial charge in [0, 0.05) is 13.1 Å². The minimum Gasteiger partial charge on any atom is -0.480 e. The van der Waals surface area contributed by atoms with Crippen molar-refractivity contribution in [2.45, 2.75) is 19.8 Å². The van der Waals surface area contributed by atoms with Crippen molar-refractivity contribution < 1.29 is 27.9 Å². The molecule has 1 aliphatic heterocycles. The summed E-state index contributed by atoms with van der Waals surface area (Å²) in [5, 5.41) is 11.3. The van der Waals surface area contributed by atoms with Crippen molar-refractivity contribution >= 4 is 22.3 Å². The van der Waals surface area contributed by atoms with Crippen LogP contribution in [0.4, 0.5) is 4.79 Å². The summed E-state index contributed by atoms with van der Waals surface area (Å²) in [5.41, 5.74) is 0. The number of piperidine rings is 1. The van der Waals surface area contributed by atoms with E-state index < -0.39 is 22.3 Å². The highest BCUT2D eigenvalue weighted by Crippen LogP contribution is 2.18. The molecule has 0 spiro atoms. The number of nitrogens with one attached hydrogen (secondary N) is 2. The second-order valence-electron chi connectivity index (χ2n) is 4.72. The molecule has 1 fully saturated rings. The van der Waals surface area contributed by atoms with Gasteiger partial charge in [-0.15, -0.1) is 0 Å². The molecule has 0 radical (unpaired) electrons. The van der Waals surface area contributed by atoms with E-state index in [0.717, 1.165) is 6.42 Å². The van der Waals surface area contributed by atoms with Gasteiger partial charge >= 0.3 is 22.3 Å². The summed E-state index contributed by atoms with van der Waals surface area (Å²) in [7, 11) is -3.91. The molecule has 0 aromatic heterocycles. The first-order chi connectivity index (χ1) is 9.85. The zero-order chi connectivity index (χ0) is 15.9. The van der Waals surface area contributed by atoms with Crippen molar-refractivity contribution in [3.05, 3.63) is 0 Å². The zero-order valence-corrected chi connectivity index (χ0v) is 12.7. The summed E-state index contributed by atoms with van der Waals surface area (Å²) in [5.74, 6) is -0.948. The van der Waals surface area contributed by atoms with E-state index in [1.54, 1.807) is 6.92 Å². The van der Waals surface area contributed by atoms with Crippen LogP contribution in [-0.2, 0) is 19.7 Å². The molecule has 0 aliphatic carbocycles. The molecule has 1 amide bonds. The summed E-state index contributed by atoms with van der Waals surface area (Å²) in [6.07, 6.45) is 0.463. The minimum absolute atomic E-state index is 0.0110. The third kappa shape index (κ3) is 6.27. The van der Waals surface area contributed by atoms with E-state index in [9.17, 15) is 18.0 Å². The number of hydrogen-bond acceptors (Lipinski definition) is 6. The number of rotatable bonds is 7. The van der Waals surface area contributed by atoms with Gasteiger partial charge in [-0.25, -0.2) is 9.52 Å². The average molecular weight is 323 g/mol. The second-order valence-corrected chi connectivity index (χ2v) is 6.39. The Kier molecular flexibility index (Phi) is 6.85. The Morgan fingerprint density at radius 1 is 1.43 bits per heavy atom. The maximum atomic E-state index is 12.0. The molecule has 0 saturated carbocycles. The summed E-state index contributed by atoms with van der Waals surface area (Å²) in [6.45, 7) is 2.48. The summed E-state index contributed by atoms with van der Waals surface area (Å²) in [4.78, 5) is 21.6. The SMILES string of the molecule is CCOC(=O)NS(=O)(=O)N1CCCC(CNCC(=O)O)C1. The van der Waals surface area contributed by atoms with Gasteiger partial charge in [0.25, 0.3) is 0 Å². The van der Waals surface area contributed by atoms with Gasteiger partial charge in [0.2, 0.25) is 0 Å². The van der Waals surface area contributed by atoms with E-state index in [1.807, 2.05) is 4.72 Å². The van der Waals surface area contributed by atoms with Gasteiger partial charge in [-0.2, -0.15) is 12.7 Å². The van der Waals surface area contributed by atoms with Crippen molar-refractivity contribution in [2.75, 3.05) is 32.8 Å². The molecule has 21 heavy (non-hydrogen) atoms. The molecule has 9 nitrogen and oxygen atoms in total. The summed E-state index contributed by atoms with van der Waals surface area (Å²) < 4.78 is 31.6. The van der Waals surface area contributed by atoms with Crippen LogP contribution in [0.5, 0.6) is 0 Å². The van der Waals surface area contributed by atoms with Crippen LogP contribution in [-0.4, -0.2) is 62.7 Å². The van der Waals surface area contributed by atoms with Gasteiger partial charge in [0.05, 0.1) is 13.2 Å². The van der Waals surface area contributed by atoms with E-state index in [-0.39, 0.29) is 25.6 Å². The highest BCUT2D eigenvalue weighted by molar-refractivity contribution is 7.87. The number of carboxylic acid groups (broad SMARTS) is 1. The smallest absolute Gasteiger partial charge is 0.421 e. The fourth-order valence-corrected chi connectivity index (χ4v) is 3.30. The number of nitrogens with zero attached hydrogens (tertiary/aromatic N) is 1. The summed E-state index contributed by atoms with van der Waals surface area (Å²) >= 11 is 0. The lowest BCUT2D eigenvalue weighted by Crippen LogP contribution is -2.49. The van der Waals surface area contributed by atoms with Gasteiger partial charge in [-0.05, 0) is 32.2 Å². The molecule has 3 N–H and O–H groups in total. The number of hydrogen-bond donors (Lipinski definition) is 3. The Hall–Kier alpha value is -1.39. The van der Waals surface area contributed by atoms with Crippen LogP contribution in [0.2, 0.25) is 0 Å². The van der Waals surface area contributed by atoms with E-state index >= 15 is 0 Å². The second kappa shape index (κ2) is 8.15. The van der Waals surface area contributed by atoms with E-state index in [1.165, 1.54) is 4.31 Å². The maximum absolute atomic E-state index is 12.0. The number of amides is 1. The van der Waals surface area contributed by atoms with Crippen LogP contribution < -0.4 is 10.0 Å². The van der Waals surface area contributed by atoms with Gasteiger partial charge in [-0.1, -0.05) is 0 Å². The lowest BCUT2D eigenvalue weighted by Gasteiger charge is -2.31. The summed E-state index contributed by atoms with van der Waals surface area (Å²) in [6, 6.07) is 0. The van der Waals surface area contributed by atoms with Crippen LogP contribution in [0, 0.1) is 5.92 Å². The van der Waals surface area contributed by atoms with Crippen LogP contribution in [0.15, 0.2) is 0 Å². The first-order valence-electron chi connectivity index (χ1n) is 6.72. The first-order valence-corrected chi connectivity index (χ1v) is 8.16. The Balaban J connectivity index is 2.50. The Morgan fingerprint density at radius 3 is 2.76 bits per heavy atom. The molecule has 1 aliphatic rings. The molecule has 0 aromatic rings. The first kappa shape index (κ1) is 17.7. The average Bonchev–Trinajstić information content (AvgIpc) is 2.38. The molecule has 0 bridgehead atoms. The number of carboxylic acids is 1. The number of ether oxygens (including phenoxy) is 1. The monoisotopic (exact) mass is 323 g/mol. The third-order valence-corrected chi connectivity index (χ3v) is 4.45. The largest absolute Gasteiger partial charge is 0.480 e.